The van der Waals surface area contributed by atoms with Crippen molar-refractivity contribution in [3.8, 4) is 0 Å². The van der Waals surface area contributed by atoms with Crippen molar-refractivity contribution in [1.29, 1.82) is 0 Å². The molecule has 0 N–H and O–H groups in total. The molecule has 0 spiro atoms. The zero-order chi connectivity index (χ0) is 10.9. The molecule has 0 saturated heterocycles. The van der Waals surface area contributed by atoms with Gasteiger partial charge in [-0.05, 0) is 30.7 Å². The highest BCUT2D eigenvalue weighted by molar-refractivity contribution is 6.31. The number of benzene rings is 1. The molecule has 0 aromatic heterocycles. The predicted octanol–water partition coefficient (Wildman–Crippen LogP) is 4.84. The smallest absolute Gasteiger partial charge is 0.123 e. The molecule has 0 saturated carbocycles. The monoisotopic (exact) mass is 204 g/mol. The second-order valence-corrected chi connectivity index (χ2v) is 2.30. The molecule has 2 heteroatoms. The molecular weight excluding hydrogens is 187 g/mol. The Labute approximate surface area is 85.7 Å². The molecule has 0 atom stereocenters. The van der Waals surface area contributed by atoms with Crippen molar-refractivity contribution in [2.75, 3.05) is 0 Å². The van der Waals surface area contributed by atoms with E-state index in [1.165, 1.54) is 12.1 Å². The molecule has 1 aromatic rings. The molecule has 0 bridgehead atoms. The lowest BCUT2D eigenvalue weighted by molar-refractivity contribution is 0.626. The maximum Gasteiger partial charge on any atom is 0.123 e. The van der Waals surface area contributed by atoms with E-state index in [0.29, 0.717) is 5.02 Å². The fraction of sp³-hybridized carbons (Fsp3) is 0.455. The number of rotatable bonds is 0. The first kappa shape index (κ1) is 14.9. The Morgan fingerprint density at radius 1 is 1.08 bits per heavy atom. The highest BCUT2D eigenvalue weighted by Gasteiger charge is 1.93. The van der Waals surface area contributed by atoms with Crippen molar-refractivity contribution >= 4 is 11.6 Å². The maximum atomic E-state index is 12.3. The standard InChI is InChI=1S/C7H6ClF.2C2H6/c1-5-4-6(9)2-3-7(5)8;2*1-2/h2-4H,1H3;2*1-2H3. The lowest BCUT2D eigenvalue weighted by Gasteiger charge is -1.93. The Morgan fingerprint density at radius 3 is 1.85 bits per heavy atom. The minimum Gasteiger partial charge on any atom is -0.207 e. The third-order valence-electron chi connectivity index (χ3n) is 1.12. The summed E-state index contributed by atoms with van der Waals surface area (Å²) in [5.74, 6) is -0.239. The van der Waals surface area contributed by atoms with Crippen LogP contribution < -0.4 is 0 Å². The summed E-state index contributed by atoms with van der Waals surface area (Å²) in [4.78, 5) is 0. The van der Waals surface area contributed by atoms with Crippen molar-refractivity contribution in [3.63, 3.8) is 0 Å². The Hall–Kier alpha value is -0.560. The lowest BCUT2D eigenvalue weighted by atomic mass is 10.2. The van der Waals surface area contributed by atoms with Crippen LogP contribution in [0.5, 0.6) is 0 Å². The average Bonchev–Trinajstić information content (AvgIpc) is 2.18. The van der Waals surface area contributed by atoms with E-state index in [-0.39, 0.29) is 5.82 Å². The molecule has 0 unspecified atom stereocenters. The van der Waals surface area contributed by atoms with Crippen molar-refractivity contribution in [3.05, 3.63) is 34.6 Å². The normalized spacial score (nSPS) is 7.62. The van der Waals surface area contributed by atoms with E-state index in [1.54, 1.807) is 13.0 Å². The minimum atomic E-state index is -0.239. The van der Waals surface area contributed by atoms with Crippen molar-refractivity contribution in [2.45, 2.75) is 34.6 Å². The first-order chi connectivity index (χ1) is 6.20. The van der Waals surface area contributed by atoms with Crippen molar-refractivity contribution in [2.24, 2.45) is 0 Å². The van der Waals surface area contributed by atoms with Crippen LogP contribution in [-0.4, -0.2) is 0 Å². The summed E-state index contributed by atoms with van der Waals surface area (Å²) in [7, 11) is 0. The maximum absolute atomic E-state index is 12.3. The first-order valence-corrected chi connectivity index (χ1v) is 4.99. The molecular formula is C11H18ClF. The Bertz CT molecular complexity index is 221. The second-order valence-electron chi connectivity index (χ2n) is 1.89. The second kappa shape index (κ2) is 9.53. The number of hydrogen-bond acceptors (Lipinski definition) is 0. The number of halogens is 2. The molecule has 1 aromatic carbocycles. The third-order valence-corrected chi connectivity index (χ3v) is 1.54. The fourth-order valence-electron chi connectivity index (χ4n) is 0.608. The molecule has 76 valence electrons. The highest BCUT2D eigenvalue weighted by Crippen LogP contribution is 2.14. The summed E-state index contributed by atoms with van der Waals surface area (Å²) in [6.45, 7) is 9.77. The summed E-state index contributed by atoms with van der Waals surface area (Å²) in [6.07, 6.45) is 0. The van der Waals surface area contributed by atoms with Gasteiger partial charge < -0.3 is 0 Å². The van der Waals surface area contributed by atoms with Gasteiger partial charge in [0.15, 0.2) is 0 Å². The van der Waals surface area contributed by atoms with Gasteiger partial charge in [0.1, 0.15) is 5.82 Å². The third kappa shape index (κ3) is 6.59. The SMILES string of the molecule is CC.CC.Cc1cc(F)ccc1Cl. The zero-order valence-corrected chi connectivity index (χ0v) is 9.74. The van der Waals surface area contributed by atoms with Crippen molar-refractivity contribution < 1.29 is 4.39 Å². The topological polar surface area (TPSA) is 0 Å². The fourth-order valence-corrected chi connectivity index (χ4v) is 0.726. The van der Waals surface area contributed by atoms with Crippen LogP contribution in [0.1, 0.15) is 33.3 Å². The summed E-state index contributed by atoms with van der Waals surface area (Å²) in [5, 5.41) is 0.608. The molecule has 13 heavy (non-hydrogen) atoms. The molecule has 0 fully saturated rings. The largest absolute Gasteiger partial charge is 0.207 e. The van der Waals surface area contributed by atoms with Crippen LogP contribution in [0.15, 0.2) is 18.2 Å². The van der Waals surface area contributed by atoms with E-state index in [4.69, 9.17) is 11.6 Å². The zero-order valence-electron chi connectivity index (χ0n) is 8.99. The van der Waals surface area contributed by atoms with Crippen molar-refractivity contribution in [1.82, 2.24) is 0 Å². The summed E-state index contributed by atoms with van der Waals surface area (Å²) >= 11 is 5.61. The van der Waals surface area contributed by atoms with E-state index in [0.717, 1.165) is 5.56 Å². The average molecular weight is 205 g/mol. The van der Waals surface area contributed by atoms with Gasteiger partial charge in [0.05, 0.1) is 0 Å². The van der Waals surface area contributed by atoms with Gasteiger partial charge in [-0.3, -0.25) is 0 Å². The molecule has 0 aliphatic carbocycles. The van der Waals surface area contributed by atoms with Crippen LogP contribution in [0.25, 0.3) is 0 Å². The number of aryl methyl sites for hydroxylation is 1. The summed E-state index contributed by atoms with van der Waals surface area (Å²) < 4.78 is 12.3. The summed E-state index contributed by atoms with van der Waals surface area (Å²) in [6, 6.07) is 4.30. The van der Waals surface area contributed by atoms with E-state index < -0.39 is 0 Å². The molecule has 0 nitrogen and oxygen atoms in total. The predicted molar refractivity (Wildman–Crippen MR) is 58.8 cm³/mol. The van der Waals surface area contributed by atoms with Crippen LogP contribution in [-0.2, 0) is 0 Å². The summed E-state index contributed by atoms with van der Waals surface area (Å²) in [5.41, 5.74) is 0.775. The van der Waals surface area contributed by atoms with Crippen LogP contribution in [0.3, 0.4) is 0 Å². The Morgan fingerprint density at radius 2 is 1.54 bits per heavy atom. The van der Waals surface area contributed by atoms with E-state index in [2.05, 4.69) is 0 Å². The van der Waals surface area contributed by atoms with E-state index in [9.17, 15) is 4.39 Å². The van der Waals surface area contributed by atoms with Gasteiger partial charge in [0.25, 0.3) is 0 Å². The van der Waals surface area contributed by atoms with Crippen LogP contribution in [0.2, 0.25) is 5.02 Å². The Balaban J connectivity index is 0. The van der Waals surface area contributed by atoms with Gasteiger partial charge in [-0.15, -0.1) is 0 Å². The van der Waals surface area contributed by atoms with Gasteiger partial charge in [-0.2, -0.15) is 0 Å². The highest BCUT2D eigenvalue weighted by atomic mass is 35.5. The molecule has 0 aliphatic heterocycles. The molecule has 0 radical (unpaired) electrons. The van der Waals surface area contributed by atoms with Crippen LogP contribution >= 0.6 is 11.6 Å². The molecule has 0 amide bonds. The van der Waals surface area contributed by atoms with Gasteiger partial charge in [0.2, 0.25) is 0 Å². The van der Waals surface area contributed by atoms with Crippen LogP contribution in [0.4, 0.5) is 4.39 Å². The molecule has 0 aliphatic rings. The van der Waals surface area contributed by atoms with Gasteiger partial charge in [0, 0.05) is 5.02 Å². The molecule has 1 rings (SSSR count). The number of hydrogen-bond donors (Lipinski definition) is 0. The van der Waals surface area contributed by atoms with Gasteiger partial charge in [-0.1, -0.05) is 39.3 Å². The molecule has 0 heterocycles. The first-order valence-electron chi connectivity index (χ1n) is 4.62. The quantitative estimate of drug-likeness (QED) is 0.567. The minimum absolute atomic E-state index is 0.239. The van der Waals surface area contributed by atoms with Gasteiger partial charge in [-0.25, -0.2) is 4.39 Å². The lowest BCUT2D eigenvalue weighted by Crippen LogP contribution is -1.76. The Kier molecular flexibility index (Phi) is 10.9. The van der Waals surface area contributed by atoms with Gasteiger partial charge >= 0.3 is 0 Å². The van der Waals surface area contributed by atoms with Crippen LogP contribution in [0, 0.1) is 12.7 Å². The van der Waals surface area contributed by atoms with E-state index in [1.807, 2.05) is 27.7 Å². The van der Waals surface area contributed by atoms with E-state index >= 15 is 0 Å².